The predicted molar refractivity (Wildman–Crippen MR) is 258 cm³/mol. The van der Waals surface area contributed by atoms with Crippen LogP contribution in [0.3, 0.4) is 0 Å². The molecule has 6 atom stereocenters. The highest BCUT2D eigenvalue weighted by Gasteiger charge is 2.44. The Kier molecular flexibility index (Phi) is 15.1. The second-order valence-corrected chi connectivity index (χ2v) is 20.2. The van der Waals surface area contributed by atoms with E-state index in [1.54, 1.807) is 19.4 Å². The van der Waals surface area contributed by atoms with Crippen LogP contribution >= 0.6 is 0 Å². The molecular weight excluding hydrogens is 903 g/mol. The van der Waals surface area contributed by atoms with Crippen LogP contribution in [-0.4, -0.2) is 130 Å². The topological polar surface area (TPSA) is 198 Å². The number of halogens is 2. The third kappa shape index (κ3) is 10.6. The van der Waals surface area contributed by atoms with Crippen molar-refractivity contribution in [2.24, 2.45) is 11.3 Å². The van der Waals surface area contributed by atoms with Crippen LogP contribution in [0.1, 0.15) is 101 Å². The lowest BCUT2D eigenvalue weighted by Gasteiger charge is -2.37. The number of hydrazine groups is 1. The molecule has 0 unspecified atom stereocenters. The predicted octanol–water partition coefficient (Wildman–Crippen LogP) is 5.45. The number of aryl methyl sites for hydroxylation is 1. The first-order valence-corrected chi connectivity index (χ1v) is 24.4. The largest absolute Gasteiger partial charge is 0.464 e. The lowest BCUT2D eigenvalue weighted by atomic mass is 9.84. The third-order valence-electron chi connectivity index (χ3n) is 14.5. The van der Waals surface area contributed by atoms with E-state index >= 15 is 8.78 Å². The van der Waals surface area contributed by atoms with Gasteiger partial charge in [0.1, 0.15) is 30.4 Å². The van der Waals surface area contributed by atoms with Gasteiger partial charge in [-0.25, -0.2) is 14.2 Å². The molecule has 1 aliphatic carbocycles. The summed E-state index contributed by atoms with van der Waals surface area (Å²) in [7, 11) is 4.58. The van der Waals surface area contributed by atoms with Gasteiger partial charge < -0.3 is 34.3 Å². The number of methoxy groups -OCH3 is 1. The molecule has 3 aliphatic heterocycles. The van der Waals surface area contributed by atoms with Crippen molar-refractivity contribution in [2.75, 3.05) is 40.9 Å². The molecule has 70 heavy (non-hydrogen) atoms. The number of ether oxygens (including phenoxy) is 2. The van der Waals surface area contributed by atoms with Crippen molar-refractivity contribution >= 4 is 40.5 Å². The quantitative estimate of drug-likeness (QED) is 0.104. The van der Waals surface area contributed by atoms with Crippen LogP contribution in [0.15, 0.2) is 54.7 Å². The molecule has 1 saturated carbocycles. The molecule has 16 nitrogen and oxygen atoms in total. The lowest BCUT2D eigenvalue weighted by molar-refractivity contribution is -0.155. The highest BCUT2D eigenvalue weighted by molar-refractivity contribution is 5.96. The van der Waals surface area contributed by atoms with Crippen LogP contribution in [-0.2, 0) is 52.8 Å². The summed E-state index contributed by atoms with van der Waals surface area (Å²) in [5.74, 6) is -2.99. The van der Waals surface area contributed by atoms with Crippen molar-refractivity contribution in [3.8, 4) is 22.4 Å². The number of benzene rings is 2. The van der Waals surface area contributed by atoms with Crippen LogP contribution in [0.4, 0.5) is 8.78 Å². The summed E-state index contributed by atoms with van der Waals surface area (Å²) in [6.07, 6.45) is 1.54. The van der Waals surface area contributed by atoms with Crippen LogP contribution < -0.4 is 16.1 Å². The summed E-state index contributed by atoms with van der Waals surface area (Å²) in [5, 5.41) is 17.5. The van der Waals surface area contributed by atoms with Crippen molar-refractivity contribution in [2.45, 2.75) is 129 Å². The number of nitrogens with zero attached hydrogens (tertiary/aromatic N) is 5. The van der Waals surface area contributed by atoms with Gasteiger partial charge in [0.15, 0.2) is 0 Å². The van der Waals surface area contributed by atoms with E-state index in [9.17, 15) is 29.1 Å². The first kappa shape index (κ1) is 50.6. The van der Waals surface area contributed by atoms with E-state index in [1.165, 1.54) is 41.0 Å². The Labute approximate surface area is 407 Å². The van der Waals surface area contributed by atoms with Gasteiger partial charge in [-0.15, -0.1) is 0 Å². The number of nitrogens with one attached hydrogen (secondary N) is 3. The molecule has 6 bridgehead atoms. The minimum absolute atomic E-state index is 0.0426. The fourth-order valence-electron chi connectivity index (χ4n) is 10.6. The number of rotatable bonds is 12. The highest BCUT2D eigenvalue weighted by atomic mass is 19.3. The van der Waals surface area contributed by atoms with Crippen molar-refractivity contribution in [3.63, 3.8) is 0 Å². The van der Waals surface area contributed by atoms with Gasteiger partial charge >= 0.3 is 5.97 Å². The Balaban J connectivity index is 1.22. The zero-order valence-electron chi connectivity index (χ0n) is 41.1. The number of likely N-dealkylation sites (N-methyl/N-ethyl adjacent to an activating group) is 2. The fraction of sp³-hybridized carbons (Fsp3) is 0.538. The van der Waals surface area contributed by atoms with Crippen LogP contribution in [0.5, 0.6) is 0 Å². The van der Waals surface area contributed by atoms with E-state index < -0.39 is 71.8 Å². The van der Waals surface area contributed by atoms with Crippen LogP contribution in [0.25, 0.3) is 33.3 Å². The SMILES string of the molecule is CCn1c(-c2cccnc2[C@H](C)OC)c2c3cc(ccc31)-c1cc(cc(C(F)F)c1)C[C@H](NC(=O)[C@H](C1CCCC1)N(C)C(=O)CN(C)C(=O)[C@@H]1N[C@@H]1O)C(=O)N1CCC[C@H](N1)C(=O)OCC(C)(C)C2. The lowest BCUT2D eigenvalue weighted by Crippen LogP contribution is -2.62. The molecule has 5 heterocycles. The first-order chi connectivity index (χ1) is 33.4. The average molecular weight is 969 g/mol. The molecule has 376 valence electrons. The Morgan fingerprint density at radius 3 is 2.47 bits per heavy atom. The standard InChI is InChI=1S/C52H66F2N8O8/c1-8-61-40-18-17-32-25-36(40)37(45(61)35-15-11-19-55-42(35)29(2)69-7)26-52(3,4)28-70-51(68)38-16-12-20-62(58-38)49(66)39(23-30-21-33(32)24-34(22-30)46(53)54)56-48(65)44(31-13-9-10-14-31)60(6)41(63)27-59(5)50(67)43-47(64)57-43/h11,15,17-19,21-22,24-25,29,31,38-39,43-44,46-47,57-58,64H,8-10,12-14,16,20,23,26-28H2,1-7H3,(H,56,65)/t29-,38-,39-,43+,44-,47+/m0/s1. The molecule has 2 aromatic carbocycles. The number of aliphatic hydroxyl groups excluding tert-OH is 1. The molecule has 4 aliphatic rings. The summed E-state index contributed by atoms with van der Waals surface area (Å²) < 4.78 is 44.2. The zero-order chi connectivity index (χ0) is 50.2. The number of alkyl halides is 2. The molecule has 2 aromatic heterocycles. The minimum Gasteiger partial charge on any atom is -0.464 e. The van der Waals surface area contributed by atoms with E-state index in [0.717, 1.165) is 46.3 Å². The van der Waals surface area contributed by atoms with Crippen LogP contribution in [0, 0.1) is 11.3 Å². The second kappa shape index (κ2) is 20.9. The van der Waals surface area contributed by atoms with Gasteiger partial charge in [-0.1, -0.05) is 44.9 Å². The number of aromatic nitrogens is 2. The maximum absolute atomic E-state index is 15.0. The maximum atomic E-state index is 15.0. The van der Waals surface area contributed by atoms with Gasteiger partial charge in [0.25, 0.3) is 12.3 Å². The number of esters is 1. The number of amides is 4. The number of hydrogen-bond acceptors (Lipinski definition) is 11. The summed E-state index contributed by atoms with van der Waals surface area (Å²) >= 11 is 0. The molecule has 4 amide bonds. The van der Waals surface area contributed by atoms with Gasteiger partial charge in [-0.3, -0.25) is 39.3 Å². The number of carbonyl (C=O) groups is 5. The monoisotopic (exact) mass is 968 g/mol. The Morgan fingerprint density at radius 1 is 1.04 bits per heavy atom. The van der Waals surface area contributed by atoms with E-state index in [0.29, 0.717) is 55.3 Å². The van der Waals surface area contributed by atoms with Gasteiger partial charge in [0.2, 0.25) is 17.7 Å². The van der Waals surface area contributed by atoms with Gasteiger partial charge in [0.05, 0.1) is 30.6 Å². The summed E-state index contributed by atoms with van der Waals surface area (Å²) in [6, 6.07) is 10.3. The molecule has 8 rings (SSSR count). The summed E-state index contributed by atoms with van der Waals surface area (Å²) in [4.78, 5) is 77.6. The number of cyclic esters (lactones) is 1. The van der Waals surface area contributed by atoms with E-state index in [-0.39, 0.29) is 43.7 Å². The molecule has 3 fully saturated rings. The molecule has 2 saturated heterocycles. The number of pyridine rings is 1. The van der Waals surface area contributed by atoms with Gasteiger partial charge in [-0.2, -0.15) is 0 Å². The number of aliphatic hydroxyl groups is 1. The minimum atomic E-state index is -2.87. The van der Waals surface area contributed by atoms with Gasteiger partial charge in [0, 0.05) is 74.4 Å². The zero-order valence-corrected chi connectivity index (χ0v) is 41.1. The van der Waals surface area contributed by atoms with Crippen molar-refractivity contribution in [3.05, 3.63) is 77.1 Å². The molecule has 4 N–H and O–H groups in total. The first-order valence-electron chi connectivity index (χ1n) is 24.4. The normalized spacial score (nSPS) is 22.6. The van der Waals surface area contributed by atoms with Gasteiger partial charge in [-0.05, 0) is 104 Å². The summed E-state index contributed by atoms with van der Waals surface area (Å²) in [5.41, 5.74) is 8.15. The average Bonchev–Trinajstić information content (AvgIpc) is 3.69. The smallest absolute Gasteiger partial charge is 0.324 e. The van der Waals surface area contributed by atoms with Crippen molar-refractivity contribution in [1.29, 1.82) is 0 Å². The van der Waals surface area contributed by atoms with E-state index in [4.69, 9.17) is 14.5 Å². The molecular formula is C52H66F2N8O8. The van der Waals surface area contributed by atoms with E-state index in [1.807, 2.05) is 51.1 Å². The fourth-order valence-corrected chi connectivity index (χ4v) is 10.6. The Hall–Kier alpha value is -5.82. The molecule has 0 radical (unpaired) electrons. The summed E-state index contributed by atoms with van der Waals surface area (Å²) in [6.45, 7) is 8.53. The highest BCUT2D eigenvalue weighted by Crippen LogP contribution is 2.42. The molecule has 18 heteroatoms. The maximum Gasteiger partial charge on any atom is 0.324 e. The molecule has 0 spiro atoms. The Morgan fingerprint density at radius 2 is 1.79 bits per heavy atom. The molecule has 4 aromatic rings. The number of carbonyl (C=O) groups excluding carboxylic acids is 5. The third-order valence-corrected chi connectivity index (χ3v) is 14.5. The number of fused-ring (bicyclic) bond motifs is 6. The second-order valence-electron chi connectivity index (χ2n) is 20.2. The van der Waals surface area contributed by atoms with E-state index in [2.05, 4.69) is 27.6 Å². The van der Waals surface area contributed by atoms with Crippen molar-refractivity contribution < 1.29 is 47.3 Å². The van der Waals surface area contributed by atoms with Crippen LogP contribution in [0.2, 0.25) is 0 Å². The van der Waals surface area contributed by atoms with Crippen molar-refractivity contribution in [1.82, 2.24) is 40.4 Å². The number of hydrogen-bond donors (Lipinski definition) is 4. The Bertz CT molecular complexity index is 2630.